The maximum Gasteiger partial charge on any atom is 0.322 e. The van der Waals surface area contributed by atoms with Crippen molar-refractivity contribution in [3.63, 3.8) is 0 Å². The zero-order valence-corrected chi connectivity index (χ0v) is 16.8. The number of halogens is 3. The van der Waals surface area contributed by atoms with Crippen LogP contribution in [0.25, 0.3) is 22.2 Å². The Morgan fingerprint density at radius 3 is 2.62 bits per heavy atom. The number of nitrogens with zero attached hydrogens (tertiary/aromatic N) is 2. The van der Waals surface area contributed by atoms with Crippen LogP contribution in [0.5, 0.6) is 0 Å². The molecule has 0 saturated carbocycles. The summed E-state index contributed by atoms with van der Waals surface area (Å²) in [6.45, 7) is 0.451. The van der Waals surface area contributed by atoms with Crippen LogP contribution in [0.4, 0.5) is 23.7 Å². The van der Waals surface area contributed by atoms with Gasteiger partial charge in [0.2, 0.25) is 5.89 Å². The highest BCUT2D eigenvalue weighted by Crippen LogP contribution is 2.35. The molecule has 0 aliphatic carbocycles. The number of benzene rings is 3. The smallest absolute Gasteiger partial charge is 0.322 e. The number of urea groups is 1. The van der Waals surface area contributed by atoms with Crippen LogP contribution in [0.3, 0.4) is 0 Å². The lowest BCUT2D eigenvalue weighted by Gasteiger charge is -2.22. The summed E-state index contributed by atoms with van der Waals surface area (Å²) in [6.07, 6.45) is 1.38. The van der Waals surface area contributed by atoms with Crippen LogP contribution in [0.15, 0.2) is 65.1 Å². The number of rotatable bonds is 3. The third kappa shape index (κ3) is 3.79. The lowest BCUT2D eigenvalue weighted by atomic mass is 10.1. The minimum atomic E-state index is -0.846. The topological polar surface area (TPSA) is 58.4 Å². The average Bonchev–Trinajstić information content (AvgIpc) is 3.42. The Labute approximate surface area is 181 Å². The van der Waals surface area contributed by atoms with Gasteiger partial charge in [0.05, 0.1) is 5.69 Å². The summed E-state index contributed by atoms with van der Waals surface area (Å²) in [6, 6.07) is 13.7. The molecule has 1 unspecified atom stereocenters. The monoisotopic (exact) mass is 437 g/mol. The first-order valence-corrected chi connectivity index (χ1v) is 10.2. The molecule has 162 valence electrons. The largest absolute Gasteiger partial charge is 0.438 e. The fourth-order valence-electron chi connectivity index (χ4n) is 3.98. The molecular weight excluding hydrogens is 419 g/mol. The third-order valence-electron chi connectivity index (χ3n) is 5.53. The van der Waals surface area contributed by atoms with Gasteiger partial charge >= 0.3 is 6.03 Å². The lowest BCUT2D eigenvalue weighted by Crippen LogP contribution is -2.34. The zero-order chi connectivity index (χ0) is 22.2. The van der Waals surface area contributed by atoms with Crippen LogP contribution in [0.2, 0.25) is 0 Å². The van der Waals surface area contributed by atoms with E-state index in [-0.39, 0.29) is 11.5 Å². The molecule has 0 bridgehead atoms. The maximum absolute atomic E-state index is 13.9. The van der Waals surface area contributed by atoms with Gasteiger partial charge in [-0.15, -0.1) is 0 Å². The molecule has 1 atom stereocenters. The number of fused-ring (bicyclic) bond motifs is 1. The van der Waals surface area contributed by atoms with Gasteiger partial charge in [-0.2, -0.15) is 0 Å². The maximum atomic E-state index is 13.9. The fourth-order valence-corrected chi connectivity index (χ4v) is 3.98. The van der Waals surface area contributed by atoms with Crippen molar-refractivity contribution in [3.05, 3.63) is 84.0 Å². The average molecular weight is 437 g/mol. The third-order valence-corrected chi connectivity index (χ3v) is 5.53. The fraction of sp³-hybridized carbons (Fsp3) is 0.167. The minimum Gasteiger partial charge on any atom is -0.438 e. The van der Waals surface area contributed by atoms with Crippen LogP contribution >= 0.6 is 0 Å². The summed E-state index contributed by atoms with van der Waals surface area (Å²) in [5.74, 6) is -1.51. The van der Waals surface area contributed by atoms with Gasteiger partial charge in [-0.05, 0) is 60.4 Å². The molecule has 1 aliphatic heterocycles. The van der Waals surface area contributed by atoms with E-state index >= 15 is 0 Å². The van der Waals surface area contributed by atoms with Crippen LogP contribution in [0, 0.1) is 17.5 Å². The predicted octanol–water partition coefficient (Wildman–Crippen LogP) is 6.28. The van der Waals surface area contributed by atoms with Crippen molar-refractivity contribution in [1.82, 2.24) is 9.88 Å². The van der Waals surface area contributed by atoms with Gasteiger partial charge in [0.25, 0.3) is 0 Å². The van der Waals surface area contributed by atoms with Gasteiger partial charge in [0.15, 0.2) is 5.58 Å². The van der Waals surface area contributed by atoms with E-state index in [0.717, 1.165) is 23.6 Å². The molecule has 4 aromatic rings. The Morgan fingerprint density at radius 2 is 1.81 bits per heavy atom. The number of likely N-dealkylation sites (tertiary alicyclic amines) is 1. The standard InChI is InChI=1S/C24H18F3N3O2/c25-16-4-1-3-14(11-16)15-6-9-22-20(12-15)28-23(32-22)21-5-2-10-30(21)24(31)29-19-8-7-17(26)13-18(19)27/h1,3-4,6-9,11-13,21H,2,5,10H2,(H,29,31). The molecule has 2 amide bonds. The number of nitrogens with one attached hydrogen (secondary N) is 1. The number of oxazole rings is 1. The van der Waals surface area contributed by atoms with Gasteiger partial charge < -0.3 is 14.6 Å². The highest BCUT2D eigenvalue weighted by atomic mass is 19.1. The highest BCUT2D eigenvalue weighted by Gasteiger charge is 2.34. The number of aromatic nitrogens is 1. The summed E-state index contributed by atoms with van der Waals surface area (Å²) in [5, 5.41) is 2.49. The van der Waals surface area contributed by atoms with Crippen LogP contribution in [-0.4, -0.2) is 22.5 Å². The van der Waals surface area contributed by atoms with Crippen molar-refractivity contribution in [2.45, 2.75) is 18.9 Å². The molecule has 1 saturated heterocycles. The second kappa shape index (κ2) is 8.03. The molecule has 0 spiro atoms. The van der Waals surface area contributed by atoms with Gasteiger partial charge in [-0.25, -0.2) is 22.9 Å². The number of carbonyl (C=O) groups is 1. The number of hydrogen-bond donors (Lipinski definition) is 1. The first-order chi connectivity index (χ1) is 15.5. The van der Waals surface area contributed by atoms with E-state index in [2.05, 4.69) is 10.3 Å². The quantitative estimate of drug-likeness (QED) is 0.410. The summed E-state index contributed by atoms with van der Waals surface area (Å²) in [7, 11) is 0. The molecule has 0 radical (unpaired) electrons. The Bertz CT molecular complexity index is 1320. The molecule has 1 aliphatic rings. The summed E-state index contributed by atoms with van der Waals surface area (Å²) in [4.78, 5) is 18.9. The lowest BCUT2D eigenvalue weighted by molar-refractivity contribution is 0.198. The first-order valence-electron chi connectivity index (χ1n) is 10.2. The second-order valence-electron chi connectivity index (χ2n) is 7.65. The second-order valence-corrected chi connectivity index (χ2v) is 7.65. The van der Waals surface area contributed by atoms with E-state index in [1.807, 2.05) is 18.2 Å². The van der Waals surface area contributed by atoms with Gasteiger partial charge in [-0.1, -0.05) is 18.2 Å². The number of anilines is 1. The van der Waals surface area contributed by atoms with Crippen LogP contribution < -0.4 is 5.32 Å². The Kier molecular flexibility index (Phi) is 5.05. The predicted molar refractivity (Wildman–Crippen MR) is 113 cm³/mol. The van der Waals surface area contributed by atoms with Gasteiger partial charge in [0.1, 0.15) is 29.0 Å². The van der Waals surface area contributed by atoms with Crippen molar-refractivity contribution < 1.29 is 22.4 Å². The normalized spacial score (nSPS) is 16.0. The summed E-state index contributed by atoms with van der Waals surface area (Å²) in [5.41, 5.74) is 2.57. The van der Waals surface area contributed by atoms with Crippen molar-refractivity contribution in [3.8, 4) is 11.1 Å². The number of hydrogen-bond acceptors (Lipinski definition) is 3. The molecule has 1 aromatic heterocycles. The van der Waals surface area contributed by atoms with Crippen molar-refractivity contribution >= 4 is 22.8 Å². The van der Waals surface area contributed by atoms with Gasteiger partial charge in [0, 0.05) is 12.6 Å². The van der Waals surface area contributed by atoms with Crippen LogP contribution in [0.1, 0.15) is 24.8 Å². The minimum absolute atomic E-state index is 0.0978. The van der Waals surface area contributed by atoms with Crippen molar-refractivity contribution in [1.29, 1.82) is 0 Å². The molecule has 8 heteroatoms. The SMILES string of the molecule is O=C(Nc1ccc(F)cc1F)N1CCCC1c1nc2cc(-c3cccc(F)c3)ccc2o1. The molecule has 5 rings (SSSR count). The number of amides is 2. The van der Waals surface area contributed by atoms with E-state index in [0.29, 0.717) is 36.0 Å². The molecule has 32 heavy (non-hydrogen) atoms. The summed E-state index contributed by atoms with van der Waals surface area (Å²) < 4.78 is 46.5. The molecule has 2 heterocycles. The molecular formula is C24H18F3N3O2. The molecule has 5 nitrogen and oxygen atoms in total. The van der Waals surface area contributed by atoms with Crippen molar-refractivity contribution in [2.24, 2.45) is 0 Å². The van der Waals surface area contributed by atoms with E-state index in [4.69, 9.17) is 4.42 Å². The Morgan fingerprint density at radius 1 is 1.00 bits per heavy atom. The molecule has 1 N–H and O–H groups in total. The molecule has 3 aromatic carbocycles. The van der Waals surface area contributed by atoms with E-state index < -0.39 is 23.7 Å². The summed E-state index contributed by atoms with van der Waals surface area (Å²) >= 11 is 0. The zero-order valence-electron chi connectivity index (χ0n) is 16.8. The van der Waals surface area contributed by atoms with Gasteiger partial charge in [-0.3, -0.25) is 0 Å². The Hall–Kier alpha value is -3.81. The highest BCUT2D eigenvalue weighted by molar-refractivity contribution is 5.90. The molecule has 1 fully saturated rings. The van der Waals surface area contributed by atoms with E-state index in [1.54, 1.807) is 12.1 Å². The Balaban J connectivity index is 1.40. The van der Waals surface area contributed by atoms with Crippen molar-refractivity contribution in [2.75, 3.05) is 11.9 Å². The van der Waals surface area contributed by atoms with E-state index in [1.165, 1.54) is 23.1 Å². The first kappa shape index (κ1) is 20.1. The van der Waals surface area contributed by atoms with E-state index in [9.17, 15) is 18.0 Å². The number of carbonyl (C=O) groups excluding carboxylic acids is 1. The van der Waals surface area contributed by atoms with Crippen LogP contribution in [-0.2, 0) is 0 Å².